The van der Waals surface area contributed by atoms with E-state index in [4.69, 9.17) is 0 Å². The lowest BCUT2D eigenvalue weighted by Crippen LogP contribution is -2.35. The molecule has 0 amide bonds. The Morgan fingerprint density at radius 2 is 1.91 bits per heavy atom. The molecule has 3 aromatic rings. The molecule has 0 bridgehead atoms. The Bertz CT molecular complexity index is 1170. The second kappa shape index (κ2) is 11.5. The SMILES string of the molecule is CCCCC=c1[nH]n(-c2ccccn2)c(=O)c1=Cc1ccc(N(CC)CCCC)cc1C. The minimum Gasteiger partial charge on any atom is -0.372 e. The van der Waals surface area contributed by atoms with Gasteiger partial charge in [-0.05, 0) is 74.6 Å². The van der Waals surface area contributed by atoms with Crippen LogP contribution in [0.4, 0.5) is 5.69 Å². The normalized spacial score (nSPS) is 12.5. The molecule has 0 atom stereocenters. The number of rotatable bonds is 10. The zero-order chi connectivity index (χ0) is 22.9. The van der Waals surface area contributed by atoms with E-state index in [9.17, 15) is 4.79 Å². The van der Waals surface area contributed by atoms with Crippen LogP contribution in [-0.4, -0.2) is 27.9 Å². The summed E-state index contributed by atoms with van der Waals surface area (Å²) >= 11 is 0. The number of nitrogens with one attached hydrogen (secondary N) is 1. The number of pyridine rings is 1. The fourth-order valence-corrected chi connectivity index (χ4v) is 3.85. The Kier molecular flexibility index (Phi) is 8.48. The molecular formula is C27H36N4O. The molecule has 3 rings (SSSR count). The van der Waals surface area contributed by atoms with Crippen LogP contribution in [0.25, 0.3) is 18.0 Å². The number of hydrogen-bond acceptors (Lipinski definition) is 3. The van der Waals surface area contributed by atoms with Crippen LogP contribution in [0.15, 0.2) is 47.4 Å². The predicted molar refractivity (Wildman–Crippen MR) is 135 cm³/mol. The topological polar surface area (TPSA) is 53.9 Å². The first-order chi connectivity index (χ1) is 15.6. The molecule has 0 fully saturated rings. The van der Waals surface area contributed by atoms with Crippen molar-refractivity contribution in [1.29, 1.82) is 0 Å². The molecule has 2 aromatic heterocycles. The predicted octanol–water partition coefficient (Wildman–Crippen LogP) is 4.29. The van der Waals surface area contributed by atoms with Gasteiger partial charge in [-0.15, -0.1) is 0 Å². The van der Waals surface area contributed by atoms with Crippen LogP contribution >= 0.6 is 0 Å². The van der Waals surface area contributed by atoms with Gasteiger partial charge in [0.25, 0.3) is 5.56 Å². The molecule has 0 radical (unpaired) electrons. The second-order valence-electron chi connectivity index (χ2n) is 8.23. The summed E-state index contributed by atoms with van der Waals surface area (Å²) in [7, 11) is 0. The Morgan fingerprint density at radius 1 is 1.09 bits per heavy atom. The minimum atomic E-state index is -0.0759. The zero-order valence-electron chi connectivity index (χ0n) is 19.9. The quantitative estimate of drug-likeness (QED) is 0.486. The average molecular weight is 433 g/mol. The lowest BCUT2D eigenvalue weighted by Gasteiger charge is -2.23. The summed E-state index contributed by atoms with van der Waals surface area (Å²) in [4.78, 5) is 20.1. The highest BCUT2D eigenvalue weighted by Gasteiger charge is 2.09. The van der Waals surface area contributed by atoms with Gasteiger partial charge in [0.1, 0.15) is 0 Å². The third kappa shape index (κ3) is 5.58. The highest BCUT2D eigenvalue weighted by atomic mass is 16.1. The van der Waals surface area contributed by atoms with Crippen molar-refractivity contribution >= 4 is 17.8 Å². The summed E-state index contributed by atoms with van der Waals surface area (Å²) in [5, 5.41) is 4.81. The van der Waals surface area contributed by atoms with Gasteiger partial charge in [-0.25, -0.2) is 9.67 Å². The summed E-state index contributed by atoms with van der Waals surface area (Å²) < 4.78 is 1.54. The van der Waals surface area contributed by atoms with Gasteiger partial charge < -0.3 is 4.90 Å². The van der Waals surface area contributed by atoms with E-state index in [0.29, 0.717) is 11.0 Å². The number of aromatic nitrogens is 3. The smallest absolute Gasteiger partial charge is 0.280 e. The molecule has 0 aliphatic rings. The number of benzene rings is 1. The largest absolute Gasteiger partial charge is 0.372 e. The second-order valence-corrected chi connectivity index (χ2v) is 8.23. The van der Waals surface area contributed by atoms with Gasteiger partial charge in [0.15, 0.2) is 5.82 Å². The average Bonchev–Trinajstić information content (AvgIpc) is 3.12. The van der Waals surface area contributed by atoms with Gasteiger partial charge >= 0.3 is 0 Å². The first kappa shape index (κ1) is 23.6. The first-order valence-electron chi connectivity index (χ1n) is 11.9. The van der Waals surface area contributed by atoms with Crippen molar-refractivity contribution in [2.45, 2.75) is 59.8 Å². The number of aromatic amines is 1. The first-order valence-corrected chi connectivity index (χ1v) is 11.9. The molecule has 5 heteroatoms. The molecule has 0 aliphatic carbocycles. The summed E-state index contributed by atoms with van der Waals surface area (Å²) in [5.74, 6) is 0.601. The standard InChI is InChI=1S/C27H36N4O/c1-5-8-10-13-25-24(27(32)31(29-25)26-14-11-12-17-28-26)20-22-15-16-23(19-21(22)4)30(7-3)18-9-6-2/h11-17,19-20,29H,5-10,18H2,1-4H3. The number of hydrogen-bond donors (Lipinski definition) is 1. The highest BCUT2D eigenvalue weighted by Crippen LogP contribution is 2.20. The number of unbranched alkanes of at least 4 members (excludes halogenated alkanes) is 3. The van der Waals surface area contributed by atoms with Gasteiger partial charge in [-0.1, -0.05) is 44.9 Å². The molecule has 0 saturated carbocycles. The number of nitrogens with zero attached hydrogens (tertiary/aromatic N) is 3. The van der Waals surface area contributed by atoms with Crippen LogP contribution in [0.5, 0.6) is 0 Å². The number of aryl methyl sites for hydroxylation is 1. The lowest BCUT2D eigenvalue weighted by molar-refractivity contribution is 0.732. The van der Waals surface area contributed by atoms with Crippen molar-refractivity contribution in [3.05, 3.63) is 74.6 Å². The Hall–Kier alpha value is -3.08. The molecule has 170 valence electrons. The molecule has 0 saturated heterocycles. The van der Waals surface area contributed by atoms with Gasteiger partial charge in [0.05, 0.1) is 10.6 Å². The van der Waals surface area contributed by atoms with E-state index in [0.717, 1.165) is 43.3 Å². The molecule has 0 aliphatic heterocycles. The van der Waals surface area contributed by atoms with Crippen molar-refractivity contribution in [2.24, 2.45) is 0 Å². The maximum Gasteiger partial charge on any atom is 0.280 e. The van der Waals surface area contributed by atoms with E-state index in [1.54, 1.807) is 6.20 Å². The van der Waals surface area contributed by atoms with E-state index < -0.39 is 0 Å². The fraction of sp³-hybridized carbons (Fsp3) is 0.407. The fourth-order valence-electron chi connectivity index (χ4n) is 3.85. The summed E-state index contributed by atoms with van der Waals surface area (Å²) in [6.07, 6.45) is 11.4. The Morgan fingerprint density at radius 3 is 2.56 bits per heavy atom. The Labute approximate surface area is 191 Å². The van der Waals surface area contributed by atoms with Crippen LogP contribution in [-0.2, 0) is 0 Å². The van der Waals surface area contributed by atoms with E-state index in [1.807, 2.05) is 24.3 Å². The van der Waals surface area contributed by atoms with E-state index in [1.165, 1.54) is 28.8 Å². The van der Waals surface area contributed by atoms with E-state index in [2.05, 4.69) is 67.0 Å². The van der Waals surface area contributed by atoms with Gasteiger partial charge in [-0.2, -0.15) is 0 Å². The van der Waals surface area contributed by atoms with Crippen molar-refractivity contribution in [3.63, 3.8) is 0 Å². The van der Waals surface area contributed by atoms with Crippen molar-refractivity contribution in [3.8, 4) is 5.82 Å². The van der Waals surface area contributed by atoms with Crippen LogP contribution in [0.2, 0.25) is 0 Å². The Balaban J connectivity index is 2.08. The maximum absolute atomic E-state index is 13.3. The number of H-pyrrole nitrogens is 1. The van der Waals surface area contributed by atoms with Crippen LogP contribution in [0.3, 0.4) is 0 Å². The van der Waals surface area contributed by atoms with Crippen LogP contribution in [0, 0.1) is 6.92 Å². The van der Waals surface area contributed by atoms with E-state index in [-0.39, 0.29) is 5.56 Å². The molecule has 32 heavy (non-hydrogen) atoms. The van der Waals surface area contributed by atoms with Gasteiger partial charge in [-0.3, -0.25) is 9.89 Å². The summed E-state index contributed by atoms with van der Waals surface area (Å²) in [5.41, 5.74) is 3.40. The summed E-state index contributed by atoms with van der Waals surface area (Å²) in [6, 6.07) is 12.1. The summed E-state index contributed by atoms with van der Waals surface area (Å²) in [6.45, 7) is 10.8. The third-order valence-corrected chi connectivity index (χ3v) is 5.82. The number of anilines is 1. The molecule has 1 N–H and O–H groups in total. The third-order valence-electron chi connectivity index (χ3n) is 5.82. The van der Waals surface area contributed by atoms with Crippen molar-refractivity contribution < 1.29 is 0 Å². The zero-order valence-corrected chi connectivity index (χ0v) is 19.9. The molecule has 2 heterocycles. The minimum absolute atomic E-state index is 0.0759. The molecule has 1 aromatic carbocycles. The van der Waals surface area contributed by atoms with Gasteiger partial charge in [0, 0.05) is 25.0 Å². The van der Waals surface area contributed by atoms with Gasteiger partial charge in [0.2, 0.25) is 0 Å². The highest BCUT2D eigenvalue weighted by molar-refractivity contribution is 5.60. The lowest BCUT2D eigenvalue weighted by atomic mass is 10.1. The molecular weight excluding hydrogens is 396 g/mol. The monoisotopic (exact) mass is 432 g/mol. The van der Waals surface area contributed by atoms with Crippen molar-refractivity contribution in [1.82, 2.24) is 14.8 Å². The molecule has 0 unspecified atom stereocenters. The maximum atomic E-state index is 13.3. The van der Waals surface area contributed by atoms with Crippen LogP contribution in [0.1, 0.15) is 64.0 Å². The van der Waals surface area contributed by atoms with Crippen molar-refractivity contribution in [2.75, 3.05) is 18.0 Å². The molecule has 0 spiro atoms. The van der Waals surface area contributed by atoms with E-state index >= 15 is 0 Å². The molecule has 5 nitrogen and oxygen atoms in total. The van der Waals surface area contributed by atoms with Crippen LogP contribution < -0.4 is 21.0 Å².